The van der Waals surface area contributed by atoms with Crippen LogP contribution in [0.25, 0.3) is 0 Å². The molecular formula is C11H15ClN2O. The zero-order valence-electron chi connectivity index (χ0n) is 9.17. The highest BCUT2D eigenvalue weighted by Crippen LogP contribution is 2.19. The van der Waals surface area contributed by atoms with E-state index in [1.807, 2.05) is 32.0 Å². The van der Waals surface area contributed by atoms with Crippen molar-refractivity contribution >= 4 is 23.2 Å². The lowest BCUT2D eigenvalue weighted by molar-refractivity contribution is -0.116. The van der Waals surface area contributed by atoms with Gasteiger partial charge in [0.1, 0.15) is 0 Å². The number of nitrogens with one attached hydrogen (secondary N) is 1. The Hall–Kier alpha value is -1.06. The van der Waals surface area contributed by atoms with Gasteiger partial charge in [0.15, 0.2) is 0 Å². The number of nitrogens with zero attached hydrogens (tertiary/aromatic N) is 1. The van der Waals surface area contributed by atoms with E-state index in [0.717, 1.165) is 11.3 Å². The number of carbonyl (C=O) groups is 1. The van der Waals surface area contributed by atoms with Crippen molar-refractivity contribution in [1.29, 1.82) is 0 Å². The Kier molecular flexibility index (Phi) is 4.12. The Morgan fingerprint density at radius 3 is 2.67 bits per heavy atom. The molecule has 0 unspecified atom stereocenters. The van der Waals surface area contributed by atoms with Gasteiger partial charge < -0.3 is 10.2 Å². The third-order valence-electron chi connectivity index (χ3n) is 1.90. The average molecular weight is 227 g/mol. The van der Waals surface area contributed by atoms with Crippen molar-refractivity contribution in [3.63, 3.8) is 0 Å². The lowest BCUT2D eigenvalue weighted by Crippen LogP contribution is -2.27. The lowest BCUT2D eigenvalue weighted by atomic mass is 10.2. The van der Waals surface area contributed by atoms with Crippen LogP contribution in [-0.4, -0.2) is 31.4 Å². The van der Waals surface area contributed by atoms with Crippen LogP contribution < -0.4 is 5.32 Å². The summed E-state index contributed by atoms with van der Waals surface area (Å²) < 4.78 is 0. The molecule has 1 aromatic rings. The molecule has 0 bridgehead atoms. The van der Waals surface area contributed by atoms with E-state index in [-0.39, 0.29) is 5.91 Å². The van der Waals surface area contributed by atoms with Gasteiger partial charge in [-0.05, 0) is 44.8 Å². The van der Waals surface area contributed by atoms with Crippen LogP contribution in [0, 0.1) is 6.92 Å². The molecule has 0 saturated carbocycles. The fraction of sp³-hybridized carbons (Fsp3) is 0.364. The molecule has 0 aliphatic carbocycles. The molecule has 0 aliphatic rings. The van der Waals surface area contributed by atoms with Crippen molar-refractivity contribution in [3.8, 4) is 0 Å². The smallest absolute Gasteiger partial charge is 0.238 e. The molecule has 0 heterocycles. The van der Waals surface area contributed by atoms with Crippen LogP contribution in [-0.2, 0) is 4.79 Å². The Labute approximate surface area is 95.0 Å². The van der Waals surface area contributed by atoms with Crippen LogP contribution in [0.2, 0.25) is 5.02 Å². The summed E-state index contributed by atoms with van der Waals surface area (Å²) in [5, 5.41) is 3.51. The largest absolute Gasteiger partial charge is 0.325 e. The Balaban J connectivity index is 2.65. The fourth-order valence-corrected chi connectivity index (χ4v) is 1.33. The summed E-state index contributed by atoms with van der Waals surface area (Å²) in [5.41, 5.74) is 1.74. The zero-order valence-corrected chi connectivity index (χ0v) is 9.93. The summed E-state index contributed by atoms with van der Waals surface area (Å²) in [6.45, 7) is 2.28. The summed E-state index contributed by atoms with van der Waals surface area (Å²) in [6, 6.07) is 5.43. The SMILES string of the molecule is Cc1cc(NC(=O)CN(C)C)ccc1Cl. The molecule has 0 aromatic heterocycles. The van der Waals surface area contributed by atoms with Gasteiger partial charge in [-0.25, -0.2) is 0 Å². The van der Waals surface area contributed by atoms with Crippen LogP contribution in [0.3, 0.4) is 0 Å². The number of likely N-dealkylation sites (N-methyl/N-ethyl adjacent to an activating group) is 1. The van der Waals surface area contributed by atoms with E-state index >= 15 is 0 Å². The molecule has 3 nitrogen and oxygen atoms in total. The number of carbonyl (C=O) groups excluding carboxylic acids is 1. The van der Waals surface area contributed by atoms with Gasteiger partial charge in [0, 0.05) is 10.7 Å². The summed E-state index contributed by atoms with van der Waals surface area (Å²) in [4.78, 5) is 13.3. The first-order valence-electron chi connectivity index (χ1n) is 4.70. The summed E-state index contributed by atoms with van der Waals surface area (Å²) >= 11 is 5.88. The van der Waals surface area contributed by atoms with Gasteiger partial charge >= 0.3 is 0 Å². The molecular weight excluding hydrogens is 212 g/mol. The van der Waals surface area contributed by atoms with E-state index in [4.69, 9.17) is 11.6 Å². The second-order valence-corrected chi connectivity index (χ2v) is 4.16. The minimum atomic E-state index is -0.0262. The number of anilines is 1. The van der Waals surface area contributed by atoms with Crippen molar-refractivity contribution in [3.05, 3.63) is 28.8 Å². The molecule has 0 atom stereocenters. The number of benzene rings is 1. The van der Waals surface area contributed by atoms with E-state index in [9.17, 15) is 4.79 Å². The Morgan fingerprint density at radius 2 is 2.13 bits per heavy atom. The maximum Gasteiger partial charge on any atom is 0.238 e. The van der Waals surface area contributed by atoms with E-state index in [1.54, 1.807) is 12.1 Å². The molecule has 0 saturated heterocycles. The zero-order chi connectivity index (χ0) is 11.4. The third-order valence-corrected chi connectivity index (χ3v) is 2.33. The van der Waals surface area contributed by atoms with Crippen molar-refractivity contribution in [2.45, 2.75) is 6.92 Å². The van der Waals surface area contributed by atoms with Gasteiger partial charge in [-0.3, -0.25) is 4.79 Å². The number of hydrogen-bond donors (Lipinski definition) is 1. The summed E-state index contributed by atoms with van der Waals surface area (Å²) in [7, 11) is 3.71. The van der Waals surface area contributed by atoms with Crippen LogP contribution in [0.4, 0.5) is 5.69 Å². The van der Waals surface area contributed by atoms with Crippen molar-refractivity contribution < 1.29 is 4.79 Å². The minimum absolute atomic E-state index is 0.0262. The van der Waals surface area contributed by atoms with Crippen molar-refractivity contribution in [1.82, 2.24) is 4.90 Å². The number of hydrogen-bond acceptors (Lipinski definition) is 2. The van der Waals surface area contributed by atoms with Crippen LogP contribution in [0.5, 0.6) is 0 Å². The highest BCUT2D eigenvalue weighted by Gasteiger charge is 2.04. The molecule has 1 rings (SSSR count). The van der Waals surface area contributed by atoms with Crippen LogP contribution in [0.15, 0.2) is 18.2 Å². The number of rotatable bonds is 3. The molecule has 1 amide bonds. The summed E-state index contributed by atoms with van der Waals surface area (Å²) in [6.07, 6.45) is 0. The first-order chi connectivity index (χ1) is 6.99. The van der Waals surface area contributed by atoms with Gasteiger partial charge in [-0.1, -0.05) is 11.6 Å². The Morgan fingerprint density at radius 1 is 1.47 bits per heavy atom. The maximum atomic E-state index is 11.4. The minimum Gasteiger partial charge on any atom is -0.325 e. The molecule has 0 radical (unpaired) electrons. The first kappa shape index (κ1) is 12.0. The average Bonchev–Trinajstić information content (AvgIpc) is 2.10. The monoisotopic (exact) mass is 226 g/mol. The molecule has 82 valence electrons. The molecule has 4 heteroatoms. The van der Waals surface area contributed by atoms with Crippen LogP contribution in [0.1, 0.15) is 5.56 Å². The normalized spacial score (nSPS) is 10.5. The van der Waals surface area contributed by atoms with E-state index in [1.165, 1.54) is 0 Å². The van der Waals surface area contributed by atoms with Gasteiger partial charge in [0.2, 0.25) is 5.91 Å². The quantitative estimate of drug-likeness (QED) is 0.857. The van der Waals surface area contributed by atoms with Crippen LogP contribution >= 0.6 is 11.6 Å². The second kappa shape index (κ2) is 5.14. The van der Waals surface area contributed by atoms with Crippen molar-refractivity contribution in [2.24, 2.45) is 0 Å². The summed E-state index contributed by atoms with van der Waals surface area (Å²) in [5.74, 6) is -0.0262. The van der Waals surface area contributed by atoms with Gasteiger partial charge in [0.05, 0.1) is 6.54 Å². The van der Waals surface area contributed by atoms with Gasteiger partial charge in [-0.15, -0.1) is 0 Å². The van der Waals surface area contributed by atoms with E-state index < -0.39 is 0 Å². The van der Waals surface area contributed by atoms with E-state index in [2.05, 4.69) is 5.32 Å². The topological polar surface area (TPSA) is 32.3 Å². The number of aryl methyl sites for hydroxylation is 1. The highest BCUT2D eigenvalue weighted by molar-refractivity contribution is 6.31. The van der Waals surface area contributed by atoms with Gasteiger partial charge in [-0.2, -0.15) is 0 Å². The van der Waals surface area contributed by atoms with Crippen molar-refractivity contribution in [2.75, 3.05) is 26.0 Å². The Bertz CT molecular complexity index is 364. The maximum absolute atomic E-state index is 11.4. The molecule has 15 heavy (non-hydrogen) atoms. The highest BCUT2D eigenvalue weighted by atomic mass is 35.5. The number of amides is 1. The molecule has 0 spiro atoms. The molecule has 0 fully saturated rings. The molecule has 1 aromatic carbocycles. The molecule has 0 aliphatic heterocycles. The standard InChI is InChI=1S/C11H15ClN2O/c1-8-6-9(4-5-10(8)12)13-11(15)7-14(2)3/h4-6H,7H2,1-3H3,(H,13,15). The lowest BCUT2D eigenvalue weighted by Gasteiger charge is -2.10. The fourth-order valence-electron chi connectivity index (χ4n) is 1.21. The van der Waals surface area contributed by atoms with Gasteiger partial charge in [0.25, 0.3) is 0 Å². The predicted octanol–water partition coefficient (Wildman–Crippen LogP) is 2.15. The second-order valence-electron chi connectivity index (χ2n) is 3.75. The predicted molar refractivity (Wildman–Crippen MR) is 63.4 cm³/mol. The number of halogens is 1. The molecule has 1 N–H and O–H groups in total. The van der Waals surface area contributed by atoms with E-state index in [0.29, 0.717) is 11.6 Å². The third kappa shape index (κ3) is 3.90. The first-order valence-corrected chi connectivity index (χ1v) is 5.07.